The van der Waals surface area contributed by atoms with E-state index in [1.54, 1.807) is 0 Å². The molecule has 0 radical (unpaired) electrons. The van der Waals surface area contributed by atoms with Crippen LogP contribution in [0.5, 0.6) is 0 Å². The number of ether oxygens (including phenoxy) is 5. The van der Waals surface area contributed by atoms with Crippen molar-refractivity contribution in [2.75, 3.05) is 26.4 Å². The number of hydrogen-bond donors (Lipinski definition) is 0. The highest BCUT2D eigenvalue weighted by molar-refractivity contribution is 5.91. The Labute approximate surface area is 112 Å². The number of hydrogen-bond acceptors (Lipinski definition) is 6. The molecule has 0 aromatic carbocycles. The molecule has 3 atom stereocenters. The predicted octanol–water partition coefficient (Wildman–Crippen LogP) is 0.629. The Morgan fingerprint density at radius 3 is 2.58 bits per heavy atom. The van der Waals surface area contributed by atoms with Crippen LogP contribution in [0.2, 0.25) is 0 Å². The van der Waals surface area contributed by atoms with E-state index in [2.05, 4.69) is 0 Å². The summed E-state index contributed by atoms with van der Waals surface area (Å²) in [5, 5.41) is 0. The van der Waals surface area contributed by atoms with E-state index in [1.165, 1.54) is 0 Å². The SMILES string of the molecule is CCC1(CC)OC2COC3(COCCO3)C(=O)C2O1. The molecule has 3 aliphatic rings. The molecule has 0 bridgehead atoms. The molecule has 0 N–H and O–H groups in total. The fourth-order valence-electron chi connectivity index (χ4n) is 2.84. The van der Waals surface area contributed by atoms with Gasteiger partial charge in [0.25, 0.3) is 5.79 Å². The largest absolute Gasteiger partial charge is 0.373 e. The number of carbonyl (C=O) groups is 1. The maximum atomic E-state index is 12.6. The summed E-state index contributed by atoms with van der Waals surface area (Å²) in [5.74, 6) is -2.18. The second-order valence-corrected chi connectivity index (χ2v) is 5.14. The summed E-state index contributed by atoms with van der Waals surface area (Å²) in [7, 11) is 0. The first-order valence-electron chi connectivity index (χ1n) is 6.90. The summed E-state index contributed by atoms with van der Waals surface area (Å²) in [4.78, 5) is 12.6. The molecule has 0 saturated carbocycles. The van der Waals surface area contributed by atoms with Crippen LogP contribution in [0.1, 0.15) is 26.7 Å². The van der Waals surface area contributed by atoms with Crippen molar-refractivity contribution in [2.24, 2.45) is 0 Å². The molecule has 3 unspecified atom stereocenters. The van der Waals surface area contributed by atoms with Crippen molar-refractivity contribution >= 4 is 5.78 Å². The molecule has 6 heteroatoms. The van der Waals surface area contributed by atoms with Gasteiger partial charge in [0.05, 0.1) is 19.8 Å². The van der Waals surface area contributed by atoms with Gasteiger partial charge in [-0.3, -0.25) is 4.79 Å². The van der Waals surface area contributed by atoms with E-state index in [0.717, 1.165) is 0 Å². The molecule has 3 aliphatic heterocycles. The van der Waals surface area contributed by atoms with Crippen LogP contribution in [0.3, 0.4) is 0 Å². The van der Waals surface area contributed by atoms with Gasteiger partial charge >= 0.3 is 0 Å². The molecule has 3 heterocycles. The van der Waals surface area contributed by atoms with E-state index in [-0.39, 0.29) is 18.5 Å². The number of rotatable bonds is 2. The Morgan fingerprint density at radius 2 is 1.95 bits per heavy atom. The monoisotopic (exact) mass is 272 g/mol. The van der Waals surface area contributed by atoms with E-state index in [4.69, 9.17) is 23.7 Å². The lowest BCUT2D eigenvalue weighted by molar-refractivity contribution is -0.294. The van der Waals surface area contributed by atoms with Gasteiger partial charge in [0, 0.05) is 0 Å². The summed E-state index contributed by atoms with van der Waals surface area (Å²) in [6, 6.07) is 0. The van der Waals surface area contributed by atoms with Gasteiger partial charge in [-0.25, -0.2) is 0 Å². The topological polar surface area (TPSA) is 63.2 Å². The van der Waals surface area contributed by atoms with Gasteiger partial charge in [-0.15, -0.1) is 0 Å². The Morgan fingerprint density at radius 1 is 1.16 bits per heavy atom. The van der Waals surface area contributed by atoms with E-state index < -0.39 is 17.7 Å². The molecule has 0 aliphatic carbocycles. The normalized spacial score (nSPS) is 41.5. The summed E-state index contributed by atoms with van der Waals surface area (Å²) in [6.07, 6.45) is 0.446. The Balaban J connectivity index is 1.80. The highest BCUT2D eigenvalue weighted by Gasteiger charge is 2.59. The number of carbonyl (C=O) groups excluding carboxylic acids is 1. The molecule has 3 fully saturated rings. The molecule has 1 spiro atoms. The number of fused-ring (bicyclic) bond motifs is 1. The number of Topliss-reactive ketones (excluding diaryl/α,β-unsaturated/α-hetero) is 1. The summed E-state index contributed by atoms with van der Waals surface area (Å²) in [5.41, 5.74) is 0. The van der Waals surface area contributed by atoms with Crippen LogP contribution in [0, 0.1) is 0 Å². The quantitative estimate of drug-likeness (QED) is 0.734. The fourth-order valence-corrected chi connectivity index (χ4v) is 2.84. The maximum absolute atomic E-state index is 12.6. The summed E-state index contributed by atoms with van der Waals surface area (Å²) >= 11 is 0. The minimum Gasteiger partial charge on any atom is -0.373 e. The Hall–Kier alpha value is -0.530. The van der Waals surface area contributed by atoms with Crippen molar-refractivity contribution in [3.8, 4) is 0 Å². The van der Waals surface area contributed by atoms with Crippen LogP contribution in [-0.4, -0.2) is 56.0 Å². The molecule has 3 rings (SSSR count). The second kappa shape index (κ2) is 4.79. The van der Waals surface area contributed by atoms with Crippen LogP contribution in [-0.2, 0) is 28.5 Å². The van der Waals surface area contributed by atoms with Gasteiger partial charge in [-0.1, -0.05) is 13.8 Å². The summed E-state index contributed by atoms with van der Waals surface area (Å²) in [6.45, 7) is 5.24. The van der Waals surface area contributed by atoms with Crippen molar-refractivity contribution in [3.05, 3.63) is 0 Å². The molecule has 0 aromatic rings. The third kappa shape index (κ3) is 2.02. The number of ketones is 1. The lowest BCUT2D eigenvalue weighted by Crippen LogP contribution is -2.62. The minimum absolute atomic E-state index is 0.129. The van der Waals surface area contributed by atoms with Gasteiger partial charge in [-0.05, 0) is 12.8 Å². The molecular weight excluding hydrogens is 252 g/mol. The van der Waals surface area contributed by atoms with Crippen molar-refractivity contribution in [3.63, 3.8) is 0 Å². The second-order valence-electron chi connectivity index (χ2n) is 5.14. The Bertz CT molecular complexity index is 358. The smallest absolute Gasteiger partial charge is 0.256 e. The van der Waals surface area contributed by atoms with Crippen molar-refractivity contribution < 1.29 is 28.5 Å². The highest BCUT2D eigenvalue weighted by atomic mass is 16.8. The van der Waals surface area contributed by atoms with Gasteiger partial charge < -0.3 is 23.7 Å². The predicted molar refractivity (Wildman–Crippen MR) is 63.5 cm³/mol. The summed E-state index contributed by atoms with van der Waals surface area (Å²) < 4.78 is 28.3. The first-order chi connectivity index (χ1) is 9.15. The maximum Gasteiger partial charge on any atom is 0.256 e. The fraction of sp³-hybridized carbons (Fsp3) is 0.923. The Kier molecular flexibility index (Phi) is 3.39. The van der Waals surface area contributed by atoms with Crippen LogP contribution in [0.4, 0.5) is 0 Å². The van der Waals surface area contributed by atoms with Gasteiger partial charge in [-0.2, -0.15) is 0 Å². The lowest BCUT2D eigenvalue weighted by Gasteiger charge is -2.40. The molecule has 0 aromatic heterocycles. The molecular formula is C13H20O6. The van der Waals surface area contributed by atoms with Crippen LogP contribution in [0.15, 0.2) is 0 Å². The molecule has 6 nitrogen and oxygen atoms in total. The van der Waals surface area contributed by atoms with Gasteiger partial charge in [0.15, 0.2) is 11.9 Å². The standard InChI is InChI=1S/C13H20O6/c1-3-12(4-2)18-9-7-17-13(8-15-5-6-16-13)11(14)10(9)19-12/h9-10H,3-8H2,1-2H3. The zero-order valence-corrected chi connectivity index (χ0v) is 11.3. The zero-order chi connectivity index (χ0) is 13.5. The van der Waals surface area contributed by atoms with E-state index >= 15 is 0 Å². The van der Waals surface area contributed by atoms with Crippen LogP contribution >= 0.6 is 0 Å². The molecule has 0 amide bonds. The van der Waals surface area contributed by atoms with Gasteiger partial charge in [0.1, 0.15) is 12.7 Å². The average molecular weight is 272 g/mol. The van der Waals surface area contributed by atoms with Crippen LogP contribution in [0.25, 0.3) is 0 Å². The van der Waals surface area contributed by atoms with Crippen LogP contribution < -0.4 is 0 Å². The third-order valence-corrected chi connectivity index (χ3v) is 4.09. The lowest BCUT2D eigenvalue weighted by atomic mass is 9.99. The van der Waals surface area contributed by atoms with E-state index in [1.807, 2.05) is 13.8 Å². The first kappa shape index (κ1) is 13.5. The zero-order valence-electron chi connectivity index (χ0n) is 11.3. The van der Waals surface area contributed by atoms with Crippen molar-refractivity contribution in [2.45, 2.75) is 50.5 Å². The van der Waals surface area contributed by atoms with Gasteiger partial charge in [0.2, 0.25) is 5.78 Å². The third-order valence-electron chi connectivity index (χ3n) is 4.09. The average Bonchev–Trinajstić information content (AvgIpc) is 2.85. The first-order valence-corrected chi connectivity index (χ1v) is 6.90. The molecule has 3 saturated heterocycles. The van der Waals surface area contributed by atoms with Crippen molar-refractivity contribution in [1.29, 1.82) is 0 Å². The molecule has 108 valence electrons. The highest BCUT2D eigenvalue weighted by Crippen LogP contribution is 2.40. The minimum atomic E-state index is -1.29. The molecule has 19 heavy (non-hydrogen) atoms. The van der Waals surface area contributed by atoms with E-state index in [0.29, 0.717) is 32.7 Å². The van der Waals surface area contributed by atoms with E-state index in [9.17, 15) is 4.79 Å². The van der Waals surface area contributed by atoms with Crippen molar-refractivity contribution in [1.82, 2.24) is 0 Å².